The molecule has 0 unspecified atom stereocenters. The highest BCUT2D eigenvalue weighted by molar-refractivity contribution is 5.90. The third kappa shape index (κ3) is 8.73. The first-order valence-corrected chi connectivity index (χ1v) is 4.23. The number of hydrogen-bond acceptors (Lipinski definition) is 4. The van der Waals surface area contributed by atoms with E-state index in [4.69, 9.17) is 14.6 Å². The predicted molar refractivity (Wildman–Crippen MR) is 48.8 cm³/mol. The van der Waals surface area contributed by atoms with E-state index in [1.54, 1.807) is 7.11 Å². The van der Waals surface area contributed by atoms with Crippen molar-refractivity contribution in [3.63, 3.8) is 0 Å². The molecular weight excluding hydrogens is 188 g/mol. The van der Waals surface area contributed by atoms with Crippen LogP contribution in [0.5, 0.6) is 0 Å². The Balaban J connectivity index is 3.40. The van der Waals surface area contributed by atoms with Crippen LogP contribution in [0.1, 0.15) is 12.8 Å². The summed E-state index contributed by atoms with van der Waals surface area (Å²) in [6, 6.07) is 0. The normalized spacial score (nSPS) is 10.4. The molecule has 14 heavy (non-hydrogen) atoms. The molecule has 0 aromatic rings. The van der Waals surface area contributed by atoms with Gasteiger partial charge >= 0.3 is 11.9 Å². The molecule has 0 heterocycles. The molecule has 0 aliphatic rings. The van der Waals surface area contributed by atoms with Crippen molar-refractivity contribution < 1.29 is 24.2 Å². The quantitative estimate of drug-likeness (QED) is 0.371. The molecule has 80 valence electrons. The maximum atomic E-state index is 10.8. The fourth-order valence-corrected chi connectivity index (χ4v) is 0.709. The van der Waals surface area contributed by atoms with Gasteiger partial charge in [-0.3, -0.25) is 0 Å². The van der Waals surface area contributed by atoms with E-state index in [0.29, 0.717) is 13.0 Å². The zero-order valence-corrected chi connectivity index (χ0v) is 8.06. The number of ether oxygens (including phenoxy) is 2. The van der Waals surface area contributed by atoms with E-state index in [0.717, 1.165) is 18.6 Å². The number of hydrogen-bond donors (Lipinski definition) is 1. The van der Waals surface area contributed by atoms with E-state index in [2.05, 4.69) is 0 Å². The molecule has 0 saturated carbocycles. The Kier molecular flexibility index (Phi) is 7.45. The Labute approximate surface area is 82.3 Å². The van der Waals surface area contributed by atoms with Crippen molar-refractivity contribution in [2.24, 2.45) is 0 Å². The summed E-state index contributed by atoms with van der Waals surface area (Å²) in [6.45, 7) is 0.911. The molecular formula is C9H14O5. The molecule has 0 aromatic heterocycles. The summed E-state index contributed by atoms with van der Waals surface area (Å²) in [5, 5.41) is 8.19. The largest absolute Gasteiger partial charge is 0.478 e. The van der Waals surface area contributed by atoms with Gasteiger partial charge in [-0.1, -0.05) is 0 Å². The Hall–Kier alpha value is -1.36. The summed E-state index contributed by atoms with van der Waals surface area (Å²) in [5.41, 5.74) is 0. The van der Waals surface area contributed by atoms with Crippen LogP contribution in [0.15, 0.2) is 12.2 Å². The van der Waals surface area contributed by atoms with Gasteiger partial charge in [-0.25, -0.2) is 9.59 Å². The van der Waals surface area contributed by atoms with Gasteiger partial charge in [0, 0.05) is 25.9 Å². The maximum Gasteiger partial charge on any atom is 0.331 e. The van der Waals surface area contributed by atoms with E-state index in [1.165, 1.54) is 0 Å². The Morgan fingerprint density at radius 1 is 1.21 bits per heavy atom. The summed E-state index contributed by atoms with van der Waals surface area (Å²) < 4.78 is 9.49. The number of carboxylic acids is 1. The van der Waals surface area contributed by atoms with Crippen LogP contribution < -0.4 is 0 Å². The highest BCUT2D eigenvalue weighted by atomic mass is 16.5. The van der Waals surface area contributed by atoms with Gasteiger partial charge in [-0.05, 0) is 12.8 Å². The summed E-state index contributed by atoms with van der Waals surface area (Å²) in [6.07, 6.45) is 3.16. The molecule has 0 amide bonds. The Morgan fingerprint density at radius 3 is 2.43 bits per heavy atom. The molecule has 0 bridgehead atoms. The zero-order valence-electron chi connectivity index (χ0n) is 8.06. The molecule has 0 fully saturated rings. The van der Waals surface area contributed by atoms with Gasteiger partial charge in [0.25, 0.3) is 0 Å². The first kappa shape index (κ1) is 12.6. The standard InChI is InChI=1S/C9H14O5/c1-13-6-2-3-7-14-9(12)5-4-8(10)11/h4-5H,2-3,6-7H2,1H3,(H,10,11)/b5-4-. The number of carboxylic acid groups (broad SMARTS) is 1. The minimum absolute atomic E-state index is 0.284. The van der Waals surface area contributed by atoms with Crippen LogP contribution in [0.4, 0.5) is 0 Å². The number of carbonyl (C=O) groups is 2. The highest BCUT2D eigenvalue weighted by Crippen LogP contribution is 1.91. The van der Waals surface area contributed by atoms with Gasteiger partial charge in [0.1, 0.15) is 0 Å². The van der Waals surface area contributed by atoms with Crippen molar-refractivity contribution in [2.45, 2.75) is 12.8 Å². The molecule has 0 atom stereocenters. The van der Waals surface area contributed by atoms with Crippen molar-refractivity contribution in [1.82, 2.24) is 0 Å². The van der Waals surface area contributed by atoms with Gasteiger partial charge in [-0.2, -0.15) is 0 Å². The van der Waals surface area contributed by atoms with Crippen molar-refractivity contribution in [1.29, 1.82) is 0 Å². The molecule has 1 N–H and O–H groups in total. The number of rotatable bonds is 7. The van der Waals surface area contributed by atoms with Gasteiger partial charge in [0.2, 0.25) is 0 Å². The van der Waals surface area contributed by atoms with Crippen molar-refractivity contribution in [2.75, 3.05) is 20.3 Å². The van der Waals surface area contributed by atoms with Crippen molar-refractivity contribution in [3.05, 3.63) is 12.2 Å². The van der Waals surface area contributed by atoms with E-state index in [9.17, 15) is 9.59 Å². The first-order valence-electron chi connectivity index (χ1n) is 4.23. The Bertz CT molecular complexity index is 209. The topological polar surface area (TPSA) is 72.8 Å². The smallest absolute Gasteiger partial charge is 0.331 e. The molecule has 0 aliphatic heterocycles. The van der Waals surface area contributed by atoms with Crippen LogP contribution in [0, 0.1) is 0 Å². The second kappa shape index (κ2) is 8.25. The van der Waals surface area contributed by atoms with Gasteiger partial charge in [0.05, 0.1) is 6.61 Å². The zero-order chi connectivity index (χ0) is 10.8. The fourth-order valence-electron chi connectivity index (χ4n) is 0.709. The number of aliphatic carboxylic acids is 1. The third-order valence-electron chi connectivity index (χ3n) is 1.35. The second-order valence-corrected chi connectivity index (χ2v) is 2.54. The molecule has 5 nitrogen and oxygen atoms in total. The third-order valence-corrected chi connectivity index (χ3v) is 1.35. The van der Waals surface area contributed by atoms with E-state index in [-0.39, 0.29) is 6.61 Å². The summed E-state index contributed by atoms with van der Waals surface area (Å²) >= 11 is 0. The van der Waals surface area contributed by atoms with Crippen LogP contribution >= 0.6 is 0 Å². The number of esters is 1. The Morgan fingerprint density at radius 2 is 1.86 bits per heavy atom. The minimum atomic E-state index is -1.17. The molecule has 0 radical (unpaired) electrons. The van der Waals surface area contributed by atoms with Gasteiger partial charge in [0.15, 0.2) is 0 Å². The minimum Gasteiger partial charge on any atom is -0.478 e. The lowest BCUT2D eigenvalue weighted by Crippen LogP contribution is -2.04. The fraction of sp³-hybridized carbons (Fsp3) is 0.556. The van der Waals surface area contributed by atoms with Crippen LogP contribution in [0.3, 0.4) is 0 Å². The van der Waals surface area contributed by atoms with E-state index in [1.807, 2.05) is 0 Å². The monoisotopic (exact) mass is 202 g/mol. The lowest BCUT2D eigenvalue weighted by atomic mass is 10.3. The van der Waals surface area contributed by atoms with Gasteiger partial charge in [-0.15, -0.1) is 0 Å². The second-order valence-electron chi connectivity index (χ2n) is 2.54. The van der Waals surface area contributed by atoms with Crippen molar-refractivity contribution in [3.8, 4) is 0 Å². The average molecular weight is 202 g/mol. The van der Waals surface area contributed by atoms with Crippen molar-refractivity contribution >= 4 is 11.9 Å². The average Bonchev–Trinajstić information content (AvgIpc) is 2.14. The lowest BCUT2D eigenvalue weighted by molar-refractivity contribution is -0.138. The van der Waals surface area contributed by atoms with E-state index >= 15 is 0 Å². The summed E-state index contributed by atoms with van der Waals surface area (Å²) in [4.78, 5) is 20.8. The number of unbranched alkanes of at least 4 members (excludes halogenated alkanes) is 1. The number of carbonyl (C=O) groups excluding carboxylic acids is 1. The maximum absolute atomic E-state index is 10.8. The van der Waals surface area contributed by atoms with E-state index < -0.39 is 11.9 Å². The summed E-state index contributed by atoms with van der Waals surface area (Å²) in [7, 11) is 1.60. The molecule has 0 spiro atoms. The number of methoxy groups -OCH3 is 1. The predicted octanol–water partition coefficient (Wildman–Crippen LogP) is 0.597. The van der Waals surface area contributed by atoms with Crippen LogP contribution in [-0.4, -0.2) is 37.4 Å². The van der Waals surface area contributed by atoms with Crippen LogP contribution in [0.2, 0.25) is 0 Å². The summed E-state index contributed by atoms with van der Waals surface area (Å²) in [5.74, 6) is -1.80. The molecule has 0 aliphatic carbocycles. The molecule has 0 saturated heterocycles. The van der Waals surface area contributed by atoms with Gasteiger partial charge < -0.3 is 14.6 Å². The lowest BCUT2D eigenvalue weighted by Gasteiger charge is -2.00. The SMILES string of the molecule is COCCCCOC(=O)/C=C\C(=O)O. The molecule has 0 aromatic carbocycles. The molecule has 5 heteroatoms. The van der Waals surface area contributed by atoms with Crippen LogP contribution in [-0.2, 0) is 19.1 Å². The highest BCUT2D eigenvalue weighted by Gasteiger charge is 1.97. The first-order chi connectivity index (χ1) is 6.66. The van der Waals surface area contributed by atoms with Crippen LogP contribution in [0.25, 0.3) is 0 Å². The molecule has 0 rings (SSSR count).